The Morgan fingerprint density at radius 2 is 2.00 bits per heavy atom. The van der Waals surface area contributed by atoms with Crippen LogP contribution in [-0.2, 0) is 6.54 Å². The molecule has 1 rings (SSSR count). The zero-order chi connectivity index (χ0) is 13.8. The smallest absolute Gasteiger partial charge is 0.398 e. The maximum atomic E-state index is 12.3. The van der Waals surface area contributed by atoms with Crippen molar-refractivity contribution in [2.24, 2.45) is 0 Å². The summed E-state index contributed by atoms with van der Waals surface area (Å²) >= 11 is 5.76. The molecule has 1 aromatic rings. The van der Waals surface area contributed by atoms with E-state index in [1.807, 2.05) is 0 Å². The predicted octanol–water partition coefficient (Wildman–Crippen LogP) is 2.28. The fourth-order valence-corrected chi connectivity index (χ4v) is 1.76. The molecule has 0 bridgehead atoms. The Balaban J connectivity index is 2.79. The van der Waals surface area contributed by atoms with Gasteiger partial charge in [0.25, 0.3) is 0 Å². The highest BCUT2D eigenvalue weighted by Gasteiger charge is 2.30. The first kappa shape index (κ1) is 15.1. The summed E-state index contributed by atoms with van der Waals surface area (Å²) in [7, 11) is 0. The van der Waals surface area contributed by atoms with E-state index in [-0.39, 0.29) is 19.7 Å². The van der Waals surface area contributed by atoms with Crippen LogP contribution in [0.3, 0.4) is 0 Å². The Bertz CT molecular complexity index is 398. The standard InChI is InChI=1S/C11H14ClF3N2O/c12-9-1-2-10(16)8(5-9)6-17(3-4-18)7-11(13,14)15/h1-2,5,18H,3-4,6-7,16H2. The molecule has 18 heavy (non-hydrogen) atoms. The van der Waals surface area contributed by atoms with Gasteiger partial charge in [-0.3, -0.25) is 4.90 Å². The summed E-state index contributed by atoms with van der Waals surface area (Å²) in [5.74, 6) is 0. The number of alkyl halides is 3. The van der Waals surface area contributed by atoms with Gasteiger partial charge in [0.05, 0.1) is 13.2 Å². The molecule has 0 aliphatic carbocycles. The number of hydrogen-bond acceptors (Lipinski definition) is 3. The number of rotatable bonds is 5. The van der Waals surface area contributed by atoms with Crippen LogP contribution in [0.2, 0.25) is 5.02 Å². The third-order valence-electron chi connectivity index (χ3n) is 2.32. The van der Waals surface area contributed by atoms with Gasteiger partial charge in [-0.05, 0) is 23.8 Å². The second-order valence-corrected chi connectivity index (χ2v) is 4.33. The van der Waals surface area contributed by atoms with Crippen molar-refractivity contribution >= 4 is 17.3 Å². The number of halogens is 4. The molecule has 0 aliphatic heterocycles. The molecular weight excluding hydrogens is 269 g/mol. The second kappa shape index (κ2) is 6.26. The van der Waals surface area contributed by atoms with E-state index in [0.29, 0.717) is 16.3 Å². The summed E-state index contributed by atoms with van der Waals surface area (Å²) in [4.78, 5) is 1.07. The van der Waals surface area contributed by atoms with Crippen molar-refractivity contribution in [3.05, 3.63) is 28.8 Å². The fraction of sp³-hybridized carbons (Fsp3) is 0.455. The second-order valence-electron chi connectivity index (χ2n) is 3.89. The summed E-state index contributed by atoms with van der Waals surface area (Å²) in [6.45, 7) is -1.53. The zero-order valence-electron chi connectivity index (χ0n) is 9.54. The van der Waals surface area contributed by atoms with Gasteiger partial charge in [-0.2, -0.15) is 13.2 Å². The van der Waals surface area contributed by atoms with E-state index in [9.17, 15) is 13.2 Å². The highest BCUT2D eigenvalue weighted by atomic mass is 35.5. The Labute approximate surface area is 108 Å². The van der Waals surface area contributed by atoms with Crippen molar-refractivity contribution in [3.63, 3.8) is 0 Å². The van der Waals surface area contributed by atoms with Crippen molar-refractivity contribution in [1.29, 1.82) is 0 Å². The first-order valence-corrected chi connectivity index (χ1v) is 5.63. The molecule has 1 aromatic carbocycles. The van der Waals surface area contributed by atoms with Crippen molar-refractivity contribution in [3.8, 4) is 0 Å². The van der Waals surface area contributed by atoms with Gasteiger partial charge >= 0.3 is 6.18 Å². The van der Waals surface area contributed by atoms with Gasteiger partial charge in [0.2, 0.25) is 0 Å². The van der Waals surface area contributed by atoms with Crippen LogP contribution in [0, 0.1) is 0 Å². The highest BCUT2D eigenvalue weighted by molar-refractivity contribution is 6.30. The summed E-state index contributed by atoms with van der Waals surface area (Å²) in [5.41, 5.74) is 6.56. The number of nitrogens with two attached hydrogens (primary N) is 1. The molecule has 0 heterocycles. The average molecular weight is 283 g/mol. The minimum absolute atomic E-state index is 0.00748. The van der Waals surface area contributed by atoms with Gasteiger partial charge in [-0.25, -0.2) is 0 Å². The minimum Gasteiger partial charge on any atom is -0.398 e. The molecule has 3 nitrogen and oxygen atoms in total. The molecule has 0 saturated heterocycles. The lowest BCUT2D eigenvalue weighted by molar-refractivity contribution is -0.147. The van der Waals surface area contributed by atoms with Crippen LogP contribution in [0.5, 0.6) is 0 Å². The molecule has 0 spiro atoms. The van der Waals surface area contributed by atoms with E-state index >= 15 is 0 Å². The number of anilines is 1. The summed E-state index contributed by atoms with van der Waals surface area (Å²) in [6, 6.07) is 4.64. The molecule has 3 N–H and O–H groups in total. The van der Waals surface area contributed by atoms with Crippen molar-refractivity contribution in [2.75, 3.05) is 25.4 Å². The molecule has 7 heteroatoms. The molecule has 102 valence electrons. The maximum Gasteiger partial charge on any atom is 0.401 e. The predicted molar refractivity (Wildman–Crippen MR) is 64.3 cm³/mol. The van der Waals surface area contributed by atoms with Crippen LogP contribution in [0.4, 0.5) is 18.9 Å². The summed E-state index contributed by atoms with van der Waals surface area (Å²) in [6.07, 6.45) is -4.32. The van der Waals surface area contributed by atoms with E-state index < -0.39 is 12.7 Å². The summed E-state index contributed by atoms with van der Waals surface area (Å²) < 4.78 is 37.0. The molecule has 0 aromatic heterocycles. The zero-order valence-corrected chi connectivity index (χ0v) is 10.3. The number of aliphatic hydroxyl groups is 1. The monoisotopic (exact) mass is 282 g/mol. The number of nitrogens with zero attached hydrogens (tertiary/aromatic N) is 1. The first-order chi connectivity index (χ1) is 8.31. The van der Waals surface area contributed by atoms with Gasteiger partial charge in [-0.15, -0.1) is 0 Å². The van der Waals surface area contributed by atoms with Crippen LogP contribution < -0.4 is 5.73 Å². The normalized spacial score (nSPS) is 12.1. The number of hydrogen-bond donors (Lipinski definition) is 2. The molecular formula is C11H14ClF3N2O. The van der Waals surface area contributed by atoms with E-state index in [2.05, 4.69) is 0 Å². The Morgan fingerprint density at radius 1 is 1.33 bits per heavy atom. The van der Waals surface area contributed by atoms with Gasteiger partial charge < -0.3 is 10.8 Å². The Morgan fingerprint density at radius 3 is 2.56 bits per heavy atom. The Hall–Kier alpha value is -0.980. The van der Waals surface area contributed by atoms with Crippen molar-refractivity contribution in [1.82, 2.24) is 4.90 Å². The van der Waals surface area contributed by atoms with Gasteiger partial charge in [0.1, 0.15) is 0 Å². The Kier molecular flexibility index (Phi) is 5.25. The summed E-state index contributed by atoms with van der Waals surface area (Å²) in [5, 5.41) is 9.18. The quantitative estimate of drug-likeness (QED) is 0.815. The SMILES string of the molecule is Nc1ccc(Cl)cc1CN(CCO)CC(F)(F)F. The van der Waals surface area contributed by atoms with Crippen LogP contribution >= 0.6 is 11.6 Å². The lowest BCUT2D eigenvalue weighted by Crippen LogP contribution is -2.35. The van der Waals surface area contributed by atoms with Crippen LogP contribution in [0.15, 0.2) is 18.2 Å². The van der Waals surface area contributed by atoms with Crippen LogP contribution in [0.1, 0.15) is 5.56 Å². The van der Waals surface area contributed by atoms with Gasteiger partial charge in [0.15, 0.2) is 0 Å². The number of benzene rings is 1. The van der Waals surface area contributed by atoms with Crippen molar-refractivity contribution < 1.29 is 18.3 Å². The third kappa shape index (κ3) is 5.12. The maximum absolute atomic E-state index is 12.3. The third-order valence-corrected chi connectivity index (χ3v) is 2.55. The van der Waals surface area contributed by atoms with Gasteiger partial charge in [0, 0.05) is 23.8 Å². The van der Waals surface area contributed by atoms with E-state index in [0.717, 1.165) is 4.90 Å². The molecule has 0 radical (unpaired) electrons. The highest BCUT2D eigenvalue weighted by Crippen LogP contribution is 2.22. The van der Waals surface area contributed by atoms with Crippen LogP contribution in [0.25, 0.3) is 0 Å². The number of aliphatic hydroxyl groups excluding tert-OH is 1. The molecule has 0 fully saturated rings. The van der Waals surface area contributed by atoms with Gasteiger partial charge in [-0.1, -0.05) is 11.6 Å². The fourth-order valence-electron chi connectivity index (χ4n) is 1.56. The number of nitrogen functional groups attached to an aromatic ring is 1. The first-order valence-electron chi connectivity index (χ1n) is 5.25. The van der Waals surface area contributed by atoms with Crippen molar-refractivity contribution in [2.45, 2.75) is 12.7 Å². The minimum atomic E-state index is -4.32. The van der Waals surface area contributed by atoms with E-state index in [1.165, 1.54) is 6.07 Å². The van der Waals surface area contributed by atoms with Crippen LogP contribution in [-0.4, -0.2) is 35.9 Å². The topological polar surface area (TPSA) is 49.5 Å². The lowest BCUT2D eigenvalue weighted by Gasteiger charge is -2.23. The van der Waals surface area contributed by atoms with E-state index in [1.54, 1.807) is 12.1 Å². The molecule has 0 amide bonds. The molecule has 0 atom stereocenters. The molecule has 0 saturated carbocycles. The molecule has 0 aliphatic rings. The van der Waals surface area contributed by atoms with E-state index in [4.69, 9.17) is 22.4 Å². The lowest BCUT2D eigenvalue weighted by atomic mass is 10.1. The molecule has 0 unspecified atom stereocenters. The average Bonchev–Trinajstić information content (AvgIpc) is 2.21. The largest absolute Gasteiger partial charge is 0.401 e.